The SMILES string of the molecule is O=C(NCc1cc(/C=C\c2ccccc2)cs1)[C@H](O)[C@@H](O)C(=O)N1CCN(c2ccccc2Cl)CC1. The first-order valence-electron chi connectivity index (χ1n) is 11.6. The number of rotatable bonds is 8. The molecule has 2 atom stereocenters. The number of hydrogen-bond donors (Lipinski definition) is 3. The van der Waals surface area contributed by atoms with Gasteiger partial charge in [-0.2, -0.15) is 0 Å². The molecule has 7 nitrogen and oxygen atoms in total. The first kappa shape index (κ1) is 25.9. The smallest absolute Gasteiger partial charge is 0.254 e. The van der Waals surface area contributed by atoms with E-state index in [2.05, 4.69) is 10.2 Å². The number of aliphatic hydroxyl groups is 2. The van der Waals surface area contributed by atoms with Crippen molar-refractivity contribution in [2.75, 3.05) is 31.1 Å². The number of halogens is 1. The van der Waals surface area contributed by atoms with Gasteiger partial charge in [0.2, 0.25) is 0 Å². The Kier molecular flexibility index (Phi) is 8.77. The number of piperazine rings is 1. The minimum Gasteiger partial charge on any atom is -0.380 e. The molecular formula is C27H28ClN3O4S. The first-order chi connectivity index (χ1) is 17.4. The van der Waals surface area contributed by atoms with E-state index in [1.807, 2.05) is 78.2 Å². The maximum atomic E-state index is 12.7. The molecule has 1 aliphatic heterocycles. The van der Waals surface area contributed by atoms with Gasteiger partial charge in [0, 0.05) is 31.1 Å². The predicted molar refractivity (Wildman–Crippen MR) is 144 cm³/mol. The van der Waals surface area contributed by atoms with Crippen LogP contribution in [0.5, 0.6) is 0 Å². The van der Waals surface area contributed by atoms with Gasteiger partial charge in [0.05, 0.1) is 17.3 Å². The summed E-state index contributed by atoms with van der Waals surface area (Å²) in [5.74, 6) is -1.46. The molecule has 0 bridgehead atoms. The van der Waals surface area contributed by atoms with Crippen LogP contribution >= 0.6 is 22.9 Å². The molecule has 36 heavy (non-hydrogen) atoms. The molecule has 0 saturated carbocycles. The van der Waals surface area contributed by atoms with Crippen LogP contribution in [0.4, 0.5) is 5.69 Å². The summed E-state index contributed by atoms with van der Waals surface area (Å²) < 4.78 is 0. The molecule has 0 spiro atoms. The largest absolute Gasteiger partial charge is 0.380 e. The highest BCUT2D eigenvalue weighted by Gasteiger charge is 2.34. The van der Waals surface area contributed by atoms with E-state index >= 15 is 0 Å². The maximum Gasteiger partial charge on any atom is 0.254 e. The Morgan fingerprint density at radius 1 is 0.944 bits per heavy atom. The van der Waals surface area contributed by atoms with Crippen LogP contribution in [0.1, 0.15) is 16.0 Å². The van der Waals surface area contributed by atoms with Crippen LogP contribution in [0.2, 0.25) is 5.02 Å². The molecular weight excluding hydrogens is 498 g/mol. The minimum absolute atomic E-state index is 0.192. The number of carbonyl (C=O) groups excluding carboxylic acids is 2. The summed E-state index contributed by atoms with van der Waals surface area (Å²) in [6.07, 6.45) is 0.311. The van der Waals surface area contributed by atoms with Gasteiger partial charge >= 0.3 is 0 Å². The second-order valence-corrected chi connectivity index (χ2v) is 9.86. The Morgan fingerprint density at radius 2 is 1.61 bits per heavy atom. The highest BCUT2D eigenvalue weighted by molar-refractivity contribution is 7.10. The van der Waals surface area contributed by atoms with Crippen molar-refractivity contribution in [1.29, 1.82) is 0 Å². The van der Waals surface area contributed by atoms with Crippen molar-refractivity contribution in [2.24, 2.45) is 0 Å². The number of nitrogens with zero attached hydrogens (tertiary/aromatic N) is 2. The average Bonchev–Trinajstić information content (AvgIpc) is 3.38. The van der Waals surface area contributed by atoms with Crippen molar-refractivity contribution in [2.45, 2.75) is 18.8 Å². The predicted octanol–water partition coefficient (Wildman–Crippen LogP) is 3.26. The summed E-state index contributed by atoms with van der Waals surface area (Å²) >= 11 is 7.73. The van der Waals surface area contributed by atoms with Crippen molar-refractivity contribution in [3.05, 3.63) is 87.1 Å². The highest BCUT2D eigenvalue weighted by atomic mass is 35.5. The Morgan fingerprint density at radius 3 is 2.33 bits per heavy atom. The van der Waals surface area contributed by atoms with Crippen molar-refractivity contribution >= 4 is 52.6 Å². The fraction of sp³-hybridized carbons (Fsp3) is 0.259. The van der Waals surface area contributed by atoms with Crippen LogP contribution in [-0.2, 0) is 16.1 Å². The van der Waals surface area contributed by atoms with Gasteiger partial charge in [-0.15, -0.1) is 11.3 Å². The molecule has 0 aliphatic carbocycles. The van der Waals surface area contributed by atoms with Crippen LogP contribution in [0.3, 0.4) is 0 Å². The number of anilines is 1. The van der Waals surface area contributed by atoms with E-state index in [4.69, 9.17) is 11.6 Å². The zero-order chi connectivity index (χ0) is 25.5. The van der Waals surface area contributed by atoms with Crippen LogP contribution < -0.4 is 10.2 Å². The summed E-state index contributed by atoms with van der Waals surface area (Å²) in [6, 6.07) is 19.3. The minimum atomic E-state index is -1.85. The topological polar surface area (TPSA) is 93.1 Å². The Balaban J connectivity index is 1.24. The van der Waals surface area contributed by atoms with Crippen LogP contribution in [0.25, 0.3) is 12.2 Å². The number of hydrogen-bond acceptors (Lipinski definition) is 6. The van der Waals surface area contributed by atoms with Gasteiger partial charge in [-0.3, -0.25) is 9.59 Å². The summed E-state index contributed by atoms with van der Waals surface area (Å²) in [6.45, 7) is 1.96. The summed E-state index contributed by atoms with van der Waals surface area (Å²) in [4.78, 5) is 29.5. The molecule has 1 aliphatic rings. The molecule has 0 radical (unpaired) electrons. The molecule has 1 saturated heterocycles. The zero-order valence-electron chi connectivity index (χ0n) is 19.6. The van der Waals surface area contributed by atoms with Gasteiger partial charge < -0.3 is 25.3 Å². The van der Waals surface area contributed by atoms with Gasteiger partial charge in [0.15, 0.2) is 12.2 Å². The lowest BCUT2D eigenvalue weighted by Gasteiger charge is -2.37. The van der Waals surface area contributed by atoms with Crippen LogP contribution in [-0.4, -0.2) is 65.3 Å². The van der Waals surface area contributed by atoms with E-state index in [1.165, 1.54) is 16.2 Å². The second kappa shape index (κ2) is 12.2. The van der Waals surface area contributed by atoms with E-state index in [1.54, 1.807) is 0 Å². The van der Waals surface area contributed by atoms with E-state index in [-0.39, 0.29) is 6.54 Å². The molecule has 1 fully saturated rings. The third-order valence-electron chi connectivity index (χ3n) is 5.98. The van der Waals surface area contributed by atoms with Crippen molar-refractivity contribution in [1.82, 2.24) is 10.2 Å². The van der Waals surface area contributed by atoms with Crippen LogP contribution in [0, 0.1) is 0 Å². The fourth-order valence-electron chi connectivity index (χ4n) is 3.95. The molecule has 188 valence electrons. The fourth-order valence-corrected chi connectivity index (χ4v) is 5.00. The number of nitrogens with one attached hydrogen (secondary N) is 1. The molecule has 2 heterocycles. The lowest BCUT2D eigenvalue weighted by atomic mass is 10.1. The van der Waals surface area contributed by atoms with Gasteiger partial charge in [-0.05, 0) is 34.7 Å². The quantitative estimate of drug-likeness (QED) is 0.420. The third-order valence-corrected chi connectivity index (χ3v) is 7.26. The van der Waals surface area contributed by atoms with E-state index in [0.717, 1.165) is 21.7 Å². The second-order valence-electron chi connectivity index (χ2n) is 8.46. The monoisotopic (exact) mass is 525 g/mol. The van der Waals surface area contributed by atoms with E-state index in [0.29, 0.717) is 31.2 Å². The lowest BCUT2D eigenvalue weighted by Crippen LogP contribution is -2.55. The molecule has 3 aromatic rings. The molecule has 4 rings (SSSR count). The Labute approximate surface area is 219 Å². The van der Waals surface area contributed by atoms with E-state index < -0.39 is 24.0 Å². The van der Waals surface area contributed by atoms with Crippen molar-refractivity contribution in [3.63, 3.8) is 0 Å². The molecule has 9 heteroatoms. The summed E-state index contributed by atoms with van der Waals surface area (Å²) in [5.41, 5.74) is 2.98. The zero-order valence-corrected chi connectivity index (χ0v) is 21.2. The summed E-state index contributed by atoms with van der Waals surface area (Å²) in [5, 5.41) is 25.9. The average molecular weight is 526 g/mol. The molecule has 0 unspecified atom stereocenters. The number of para-hydroxylation sites is 1. The maximum absolute atomic E-state index is 12.7. The van der Waals surface area contributed by atoms with Gasteiger partial charge in [0.25, 0.3) is 11.8 Å². The standard InChI is InChI=1S/C27H28ClN3O4S/c28-22-8-4-5-9-23(22)30-12-14-31(15-13-30)27(35)25(33)24(32)26(34)29-17-21-16-20(18-36-21)11-10-19-6-2-1-3-7-19/h1-11,16,18,24-25,32-33H,12-15,17H2,(H,29,34)/b11-10-/t24-,25-/m1/s1. The van der Waals surface area contributed by atoms with Gasteiger partial charge in [-0.25, -0.2) is 0 Å². The van der Waals surface area contributed by atoms with Crippen LogP contribution in [0.15, 0.2) is 66.0 Å². The number of benzene rings is 2. The number of aliphatic hydroxyl groups excluding tert-OH is 2. The Bertz CT molecular complexity index is 1210. The number of amides is 2. The van der Waals surface area contributed by atoms with E-state index in [9.17, 15) is 19.8 Å². The molecule has 2 aromatic carbocycles. The highest BCUT2D eigenvalue weighted by Crippen LogP contribution is 2.26. The van der Waals surface area contributed by atoms with Gasteiger partial charge in [-0.1, -0.05) is 66.2 Å². The van der Waals surface area contributed by atoms with Crippen molar-refractivity contribution in [3.8, 4) is 0 Å². The number of carbonyl (C=O) groups is 2. The Hall–Kier alpha value is -3.17. The van der Waals surface area contributed by atoms with Crippen molar-refractivity contribution < 1.29 is 19.8 Å². The number of thiophene rings is 1. The molecule has 3 N–H and O–H groups in total. The molecule has 1 aromatic heterocycles. The normalized spacial score (nSPS) is 15.6. The third kappa shape index (κ3) is 6.53. The van der Waals surface area contributed by atoms with Gasteiger partial charge in [0.1, 0.15) is 0 Å². The first-order valence-corrected chi connectivity index (χ1v) is 12.9. The molecule has 2 amide bonds. The summed E-state index contributed by atoms with van der Waals surface area (Å²) in [7, 11) is 0. The lowest BCUT2D eigenvalue weighted by molar-refractivity contribution is -0.153.